The van der Waals surface area contributed by atoms with Crippen LogP contribution < -0.4 is 0 Å². The Morgan fingerprint density at radius 2 is 1.93 bits per heavy atom. The van der Waals surface area contributed by atoms with Gasteiger partial charge in [0.1, 0.15) is 6.10 Å². The number of thioether (sulfide) groups is 1. The van der Waals surface area contributed by atoms with E-state index in [1.807, 2.05) is 0 Å². The third-order valence-electron chi connectivity index (χ3n) is 5.41. The molecule has 0 aliphatic carbocycles. The molecule has 0 saturated carbocycles. The van der Waals surface area contributed by atoms with Crippen LogP contribution in [0.2, 0.25) is 0 Å². The van der Waals surface area contributed by atoms with Crippen molar-refractivity contribution in [3.8, 4) is 0 Å². The normalized spacial score (nSPS) is 33.5. The molecule has 0 aromatic heterocycles. The molecule has 3 saturated heterocycles. The molecule has 3 heterocycles. The lowest BCUT2D eigenvalue weighted by molar-refractivity contribution is -0.162. The summed E-state index contributed by atoms with van der Waals surface area (Å²) in [4.78, 5) is 38.9. The quantitative estimate of drug-likeness (QED) is 0.434. The van der Waals surface area contributed by atoms with E-state index in [9.17, 15) is 31.6 Å². The largest absolute Gasteiger partial charge is 0.459 e. The van der Waals surface area contributed by atoms with E-state index >= 15 is 0 Å². The van der Waals surface area contributed by atoms with Crippen LogP contribution in [0.1, 0.15) is 27.2 Å². The number of nitrogens with zero attached hydrogens (tertiary/aromatic N) is 1. The summed E-state index contributed by atoms with van der Waals surface area (Å²) in [5.41, 5.74) is 0. The van der Waals surface area contributed by atoms with Crippen molar-refractivity contribution in [1.82, 2.24) is 4.90 Å². The molecule has 13 heteroatoms. The van der Waals surface area contributed by atoms with Crippen molar-refractivity contribution in [2.24, 2.45) is 11.8 Å². The Hall–Kier alpha value is -1.47. The molecule has 6 unspecified atom stereocenters. The highest BCUT2D eigenvalue weighted by atomic mass is 32.2. The van der Waals surface area contributed by atoms with Gasteiger partial charge in [-0.3, -0.25) is 18.9 Å². The molecule has 3 fully saturated rings. The van der Waals surface area contributed by atoms with Gasteiger partial charge in [0.25, 0.3) is 0 Å². The second-order valence-electron chi connectivity index (χ2n) is 7.47. The summed E-state index contributed by atoms with van der Waals surface area (Å²) >= 11 is 1.28. The molecule has 0 aromatic rings. The first-order valence-corrected chi connectivity index (χ1v) is 11.4. The molecular weight excluding hydrogens is 436 g/mol. The summed E-state index contributed by atoms with van der Waals surface area (Å²) in [6, 6.07) is -0.665. The summed E-state index contributed by atoms with van der Waals surface area (Å²) in [5.74, 6) is -4.06. The third-order valence-corrected chi connectivity index (χ3v) is 8.05. The van der Waals surface area contributed by atoms with Gasteiger partial charge < -0.3 is 14.4 Å². The second-order valence-corrected chi connectivity index (χ2v) is 10.4. The van der Waals surface area contributed by atoms with Crippen LogP contribution in [-0.4, -0.2) is 76.3 Å². The van der Waals surface area contributed by atoms with Gasteiger partial charge in [-0.25, -0.2) is 0 Å². The molecule has 3 aliphatic rings. The van der Waals surface area contributed by atoms with Gasteiger partial charge in [0.15, 0.2) is 6.61 Å². The Kier molecular flexibility index (Phi) is 5.63. The van der Waals surface area contributed by atoms with Crippen molar-refractivity contribution < 1.29 is 45.6 Å². The number of fused-ring (bicyclic) bond motifs is 1. The fraction of sp³-hybridized carbons (Fsp3) is 0.812. The van der Waals surface area contributed by atoms with Gasteiger partial charge in [-0.2, -0.15) is 17.2 Å². The number of carbonyl (C=O) groups is 3. The number of esters is 2. The van der Waals surface area contributed by atoms with Crippen molar-refractivity contribution >= 4 is 39.7 Å². The van der Waals surface area contributed by atoms with Crippen LogP contribution in [0.5, 0.6) is 0 Å². The van der Waals surface area contributed by atoms with E-state index in [-0.39, 0.29) is 23.6 Å². The van der Waals surface area contributed by atoms with Crippen molar-refractivity contribution in [2.45, 2.75) is 61.1 Å². The number of likely N-dealkylation sites (tertiary alicyclic amines) is 1. The first-order valence-electron chi connectivity index (χ1n) is 9.00. The maximum atomic E-state index is 13.4. The zero-order valence-corrected chi connectivity index (χ0v) is 17.4. The Morgan fingerprint density at radius 3 is 2.45 bits per heavy atom. The Labute approximate surface area is 170 Å². The lowest BCUT2D eigenvalue weighted by atomic mass is 9.78. The van der Waals surface area contributed by atoms with Crippen molar-refractivity contribution in [3.63, 3.8) is 0 Å². The minimum atomic E-state index is -5.76. The average Bonchev–Trinajstić information content (AvgIpc) is 3.21. The van der Waals surface area contributed by atoms with Gasteiger partial charge in [0, 0.05) is 17.7 Å². The number of halogens is 2. The maximum Gasteiger partial charge on any atom is 0.402 e. The predicted octanol–water partition coefficient (Wildman–Crippen LogP) is 0.681. The van der Waals surface area contributed by atoms with Crippen LogP contribution >= 0.6 is 11.8 Å². The molecule has 0 aromatic carbocycles. The molecule has 1 N–H and O–H groups in total. The molecular formula is C16H21F2NO8S2. The van der Waals surface area contributed by atoms with Crippen LogP contribution in [0.4, 0.5) is 8.78 Å². The number of carbonyl (C=O) groups excluding carboxylic acids is 3. The Morgan fingerprint density at radius 1 is 1.31 bits per heavy atom. The Bertz CT molecular complexity index is 833. The molecule has 3 aliphatic heterocycles. The van der Waals surface area contributed by atoms with Gasteiger partial charge in [-0.05, 0) is 13.8 Å². The molecule has 6 atom stereocenters. The van der Waals surface area contributed by atoms with Gasteiger partial charge in [0.05, 0.1) is 23.1 Å². The van der Waals surface area contributed by atoms with E-state index < -0.39 is 63.1 Å². The first-order chi connectivity index (χ1) is 13.3. The van der Waals surface area contributed by atoms with Gasteiger partial charge in [0.2, 0.25) is 5.91 Å². The molecule has 9 nitrogen and oxygen atoms in total. The highest BCUT2D eigenvalue weighted by Crippen LogP contribution is 2.60. The number of amides is 1. The highest BCUT2D eigenvalue weighted by Gasteiger charge is 2.72. The maximum absolute atomic E-state index is 13.4. The van der Waals surface area contributed by atoms with E-state index in [0.29, 0.717) is 0 Å². The van der Waals surface area contributed by atoms with Crippen LogP contribution in [0.15, 0.2) is 0 Å². The third kappa shape index (κ3) is 3.50. The monoisotopic (exact) mass is 457 g/mol. The second kappa shape index (κ2) is 7.34. The summed E-state index contributed by atoms with van der Waals surface area (Å²) < 4.78 is 66.8. The minimum Gasteiger partial charge on any atom is -0.459 e. The van der Waals surface area contributed by atoms with E-state index in [2.05, 4.69) is 4.74 Å². The van der Waals surface area contributed by atoms with Crippen molar-refractivity contribution in [1.29, 1.82) is 0 Å². The lowest BCUT2D eigenvalue weighted by Gasteiger charge is -2.34. The SMILES string of the molecule is CCC(=O)OC1C2SC3C(C(=O)N(C(C)C)C13)C2C(=O)OCC(F)(F)S(=O)(=O)O. The van der Waals surface area contributed by atoms with E-state index in [1.54, 1.807) is 25.7 Å². The fourth-order valence-corrected chi connectivity index (χ4v) is 6.52. The van der Waals surface area contributed by atoms with Crippen molar-refractivity contribution in [3.05, 3.63) is 0 Å². The Balaban J connectivity index is 1.86. The van der Waals surface area contributed by atoms with Crippen LogP contribution in [0.25, 0.3) is 0 Å². The minimum absolute atomic E-state index is 0.0834. The van der Waals surface area contributed by atoms with Crippen LogP contribution in [0.3, 0.4) is 0 Å². The van der Waals surface area contributed by atoms with Crippen LogP contribution in [0, 0.1) is 11.8 Å². The fourth-order valence-electron chi connectivity index (χ4n) is 4.22. The molecule has 0 spiro atoms. The van der Waals surface area contributed by atoms with Gasteiger partial charge >= 0.3 is 27.3 Å². The zero-order chi connectivity index (χ0) is 21.9. The van der Waals surface area contributed by atoms with Crippen LogP contribution in [-0.2, 0) is 34.0 Å². The molecule has 1 amide bonds. The summed E-state index contributed by atoms with van der Waals surface area (Å²) in [6.45, 7) is 3.27. The number of alkyl halides is 2. The summed E-state index contributed by atoms with van der Waals surface area (Å²) in [6.07, 6.45) is -0.720. The summed E-state index contributed by atoms with van der Waals surface area (Å²) in [5, 5.41) is -5.72. The molecule has 3 rings (SSSR count). The first kappa shape index (κ1) is 22.2. The number of hydrogen-bond donors (Lipinski definition) is 1. The topological polar surface area (TPSA) is 127 Å². The van der Waals surface area contributed by atoms with E-state index in [4.69, 9.17) is 9.29 Å². The standard InChI is InChI=1S/C16H21F2NO8S2/c1-4-7(20)27-11-10-12-8(14(21)19(10)6(2)3)9(13(11)28-12)15(22)26-5-16(17,18)29(23,24)25/h6,8-13H,4-5H2,1-3H3,(H,23,24,25). The molecule has 29 heavy (non-hydrogen) atoms. The average molecular weight is 457 g/mol. The van der Waals surface area contributed by atoms with E-state index in [1.165, 1.54) is 11.8 Å². The number of hydrogen-bond acceptors (Lipinski definition) is 8. The molecule has 164 valence electrons. The predicted molar refractivity (Wildman–Crippen MR) is 95.5 cm³/mol. The molecule has 0 radical (unpaired) electrons. The number of ether oxygens (including phenoxy) is 2. The smallest absolute Gasteiger partial charge is 0.402 e. The highest BCUT2D eigenvalue weighted by molar-refractivity contribution is 8.01. The zero-order valence-electron chi connectivity index (χ0n) is 15.8. The summed E-state index contributed by atoms with van der Waals surface area (Å²) in [7, 11) is -5.76. The van der Waals surface area contributed by atoms with Gasteiger partial charge in [-0.15, -0.1) is 11.8 Å². The number of rotatable bonds is 7. The molecule has 2 bridgehead atoms. The van der Waals surface area contributed by atoms with E-state index in [0.717, 1.165) is 0 Å². The lowest BCUT2D eigenvalue weighted by Crippen LogP contribution is -2.51. The van der Waals surface area contributed by atoms with Gasteiger partial charge in [-0.1, -0.05) is 6.92 Å². The van der Waals surface area contributed by atoms with Crippen molar-refractivity contribution in [2.75, 3.05) is 6.61 Å².